The van der Waals surface area contributed by atoms with E-state index in [4.69, 9.17) is 14.5 Å². The lowest BCUT2D eigenvalue weighted by Gasteiger charge is -2.31. The first-order valence-corrected chi connectivity index (χ1v) is 13.3. The molecule has 0 radical (unpaired) electrons. The largest absolute Gasteiger partial charge is 0.449 e. The first-order chi connectivity index (χ1) is 17.5. The predicted molar refractivity (Wildman–Crippen MR) is 147 cm³/mol. The molecule has 2 N–H and O–H groups in total. The molecule has 0 spiro atoms. The van der Waals surface area contributed by atoms with E-state index >= 15 is 0 Å². The van der Waals surface area contributed by atoms with E-state index in [2.05, 4.69) is 29.3 Å². The molecular formula is C27H41N5O4S. The van der Waals surface area contributed by atoms with E-state index in [0.29, 0.717) is 39.1 Å². The Kier molecular flexibility index (Phi) is 12.2. The summed E-state index contributed by atoms with van der Waals surface area (Å²) >= 11 is 4.62. The number of aliphatic imine (C=N–C) groups is 1. The molecule has 0 saturated carbocycles. The lowest BCUT2D eigenvalue weighted by atomic mass is 9.88. The highest BCUT2D eigenvalue weighted by molar-refractivity contribution is 7.81. The molecule has 0 aliphatic carbocycles. The number of morpholine rings is 1. The average molecular weight is 532 g/mol. The summed E-state index contributed by atoms with van der Waals surface area (Å²) in [7, 11) is 0. The van der Waals surface area contributed by atoms with Crippen LogP contribution in [0, 0.1) is 22.7 Å². The fourth-order valence-corrected chi connectivity index (χ4v) is 4.05. The van der Waals surface area contributed by atoms with Gasteiger partial charge in [-0.15, -0.1) is 0 Å². The number of nitrogens with one attached hydrogen (secondary N) is 2. The number of amides is 2. The Morgan fingerprint density at radius 2 is 1.86 bits per heavy atom. The number of nitrogens with zero attached hydrogens (tertiary/aromatic N) is 3. The molecule has 1 saturated heterocycles. The summed E-state index contributed by atoms with van der Waals surface area (Å²) < 4.78 is 10.7. The summed E-state index contributed by atoms with van der Waals surface area (Å²) in [6.07, 6.45) is 0.309. The van der Waals surface area contributed by atoms with Crippen molar-refractivity contribution in [2.45, 2.75) is 64.8 Å². The lowest BCUT2D eigenvalue weighted by molar-refractivity contribution is -0.123. The summed E-state index contributed by atoms with van der Waals surface area (Å²) in [5.74, 6) is 0.0558. The summed E-state index contributed by atoms with van der Waals surface area (Å²) in [5, 5.41) is 15.0. The van der Waals surface area contributed by atoms with Crippen molar-refractivity contribution in [2.75, 3.05) is 32.9 Å². The smallest absolute Gasteiger partial charge is 0.413 e. The molecule has 3 atom stereocenters. The minimum absolute atomic E-state index is 0.182. The number of benzene rings is 1. The molecular weight excluding hydrogens is 490 g/mol. The van der Waals surface area contributed by atoms with Crippen LogP contribution in [0.1, 0.15) is 46.6 Å². The maximum absolute atomic E-state index is 13.5. The lowest BCUT2D eigenvalue weighted by Crippen LogP contribution is -2.51. The molecule has 1 fully saturated rings. The van der Waals surface area contributed by atoms with Crippen molar-refractivity contribution in [2.24, 2.45) is 16.3 Å². The standard InChI is InChI=1S/C27H41N5O4S/c1-19(2)18-36-26(34)31-25(32-11-13-35-14-12-32)30-21(16-27(3,4)5)24(33)29-22(17-28)23(37)15-20-9-7-6-8-10-20/h6-10,19,21-23,37H,11-16,18H2,1-5H3,(H,29,33)(H,30,31,34). The number of hydrogen-bond acceptors (Lipinski definition) is 7. The fraction of sp³-hybridized carbons (Fsp3) is 0.630. The zero-order valence-corrected chi connectivity index (χ0v) is 23.5. The highest BCUT2D eigenvalue weighted by Gasteiger charge is 2.30. The molecule has 2 rings (SSSR count). The van der Waals surface area contributed by atoms with Crippen molar-refractivity contribution in [1.82, 2.24) is 15.5 Å². The number of carbonyl (C=O) groups excluding carboxylic acids is 2. The van der Waals surface area contributed by atoms with Crippen LogP contribution in [0.4, 0.5) is 4.79 Å². The Morgan fingerprint density at radius 1 is 1.22 bits per heavy atom. The van der Waals surface area contributed by atoms with Gasteiger partial charge in [0.25, 0.3) is 0 Å². The van der Waals surface area contributed by atoms with Gasteiger partial charge in [0.2, 0.25) is 11.9 Å². The van der Waals surface area contributed by atoms with Crippen LogP contribution in [0.5, 0.6) is 0 Å². The van der Waals surface area contributed by atoms with Gasteiger partial charge in [-0.1, -0.05) is 65.0 Å². The van der Waals surface area contributed by atoms with E-state index in [0.717, 1.165) is 5.56 Å². The van der Waals surface area contributed by atoms with Crippen LogP contribution in [0.25, 0.3) is 0 Å². The van der Waals surface area contributed by atoms with Crippen molar-refractivity contribution < 1.29 is 19.1 Å². The molecule has 1 aliphatic rings. The number of alkyl carbamates (subject to hydrolysis) is 1. The Balaban J connectivity index is 2.25. The topological polar surface area (TPSA) is 116 Å². The van der Waals surface area contributed by atoms with E-state index in [-0.39, 0.29) is 23.9 Å². The predicted octanol–water partition coefficient (Wildman–Crippen LogP) is 3.41. The second kappa shape index (κ2) is 14.8. The quantitative estimate of drug-likeness (QED) is 0.256. The van der Waals surface area contributed by atoms with Crippen molar-refractivity contribution >= 4 is 30.6 Å². The minimum Gasteiger partial charge on any atom is -0.449 e. The third-order valence-corrected chi connectivity index (χ3v) is 6.05. The average Bonchev–Trinajstić information content (AvgIpc) is 2.85. The van der Waals surface area contributed by atoms with Crippen LogP contribution in [0.3, 0.4) is 0 Å². The number of hydrogen-bond donors (Lipinski definition) is 3. The van der Waals surface area contributed by atoms with Crippen molar-refractivity contribution in [1.29, 1.82) is 5.26 Å². The Hall–Kier alpha value is -2.77. The van der Waals surface area contributed by atoms with Crippen LogP contribution >= 0.6 is 12.6 Å². The van der Waals surface area contributed by atoms with E-state index in [1.165, 1.54) is 0 Å². The summed E-state index contributed by atoms with van der Waals surface area (Å²) in [4.78, 5) is 32.6. The summed E-state index contributed by atoms with van der Waals surface area (Å²) in [6, 6.07) is 10.2. The van der Waals surface area contributed by atoms with Gasteiger partial charge in [-0.3, -0.25) is 10.1 Å². The van der Waals surface area contributed by atoms with Gasteiger partial charge in [0, 0.05) is 18.3 Å². The van der Waals surface area contributed by atoms with Gasteiger partial charge in [-0.05, 0) is 29.7 Å². The maximum atomic E-state index is 13.5. The van der Waals surface area contributed by atoms with Gasteiger partial charge in [0.1, 0.15) is 12.1 Å². The SMILES string of the molecule is CC(C)COC(=O)NC(=NC(CC(C)(C)C)C(=O)NC(C#N)C(S)Cc1ccccc1)N1CCOCC1. The zero-order chi connectivity index (χ0) is 27.4. The zero-order valence-electron chi connectivity index (χ0n) is 22.6. The third kappa shape index (κ3) is 11.4. The molecule has 2 amide bonds. The molecule has 1 heterocycles. The molecule has 9 nitrogen and oxygen atoms in total. The molecule has 0 bridgehead atoms. The second-order valence-corrected chi connectivity index (χ2v) is 11.5. The van der Waals surface area contributed by atoms with E-state index in [1.807, 2.05) is 69.9 Å². The van der Waals surface area contributed by atoms with Gasteiger partial charge in [-0.25, -0.2) is 9.79 Å². The van der Waals surface area contributed by atoms with Crippen LogP contribution in [0.2, 0.25) is 0 Å². The van der Waals surface area contributed by atoms with Crippen LogP contribution in [0.15, 0.2) is 35.3 Å². The Labute approximate surface area is 226 Å². The molecule has 10 heteroatoms. The fourth-order valence-electron chi connectivity index (χ4n) is 3.70. The minimum atomic E-state index is -0.837. The number of guanidine groups is 1. The molecule has 1 aromatic rings. The first kappa shape index (κ1) is 30.5. The molecule has 37 heavy (non-hydrogen) atoms. The number of ether oxygens (including phenoxy) is 2. The monoisotopic (exact) mass is 531 g/mol. The summed E-state index contributed by atoms with van der Waals surface area (Å²) in [6.45, 7) is 12.2. The summed E-state index contributed by atoms with van der Waals surface area (Å²) in [5.41, 5.74) is 0.784. The number of carbonyl (C=O) groups is 2. The van der Waals surface area contributed by atoms with Gasteiger partial charge < -0.3 is 19.7 Å². The Morgan fingerprint density at radius 3 is 2.43 bits per heavy atom. The van der Waals surface area contributed by atoms with Gasteiger partial charge in [0.05, 0.1) is 25.9 Å². The normalized spacial score (nSPS) is 16.9. The molecule has 1 aliphatic heterocycles. The number of rotatable bonds is 9. The molecule has 0 aromatic heterocycles. The van der Waals surface area contributed by atoms with E-state index in [9.17, 15) is 14.9 Å². The van der Waals surface area contributed by atoms with Gasteiger partial charge in [-0.2, -0.15) is 17.9 Å². The van der Waals surface area contributed by atoms with Crippen LogP contribution < -0.4 is 10.6 Å². The third-order valence-electron chi connectivity index (χ3n) is 5.57. The van der Waals surface area contributed by atoms with Crippen molar-refractivity contribution in [3.05, 3.63) is 35.9 Å². The van der Waals surface area contributed by atoms with Crippen LogP contribution in [-0.4, -0.2) is 73.1 Å². The second-order valence-electron chi connectivity index (χ2n) is 10.8. The number of nitriles is 1. The van der Waals surface area contributed by atoms with E-state index in [1.54, 1.807) is 0 Å². The van der Waals surface area contributed by atoms with Crippen molar-refractivity contribution in [3.63, 3.8) is 0 Å². The van der Waals surface area contributed by atoms with Crippen molar-refractivity contribution in [3.8, 4) is 6.07 Å². The highest BCUT2D eigenvalue weighted by atomic mass is 32.1. The van der Waals surface area contributed by atoms with Crippen LogP contribution in [-0.2, 0) is 20.7 Å². The van der Waals surface area contributed by atoms with Gasteiger partial charge in [0.15, 0.2) is 0 Å². The van der Waals surface area contributed by atoms with Gasteiger partial charge >= 0.3 is 6.09 Å². The highest BCUT2D eigenvalue weighted by Crippen LogP contribution is 2.23. The molecule has 204 valence electrons. The Bertz CT molecular complexity index is 936. The number of thiol groups is 1. The van der Waals surface area contributed by atoms with E-state index < -0.39 is 29.3 Å². The maximum Gasteiger partial charge on any atom is 0.413 e. The molecule has 1 aromatic carbocycles. The first-order valence-electron chi connectivity index (χ1n) is 12.7. The molecule has 3 unspecified atom stereocenters.